The van der Waals surface area contributed by atoms with E-state index in [0.717, 1.165) is 48.6 Å². The first kappa shape index (κ1) is 24.4. The quantitative estimate of drug-likeness (QED) is 0.535. The Morgan fingerprint density at radius 3 is 2.84 bits per heavy atom. The van der Waals surface area contributed by atoms with E-state index in [4.69, 9.17) is 4.74 Å². The van der Waals surface area contributed by atoms with Crippen molar-refractivity contribution in [3.05, 3.63) is 71.4 Å². The zero-order valence-electron chi connectivity index (χ0n) is 20.7. The van der Waals surface area contributed by atoms with Crippen molar-refractivity contribution in [2.24, 2.45) is 5.41 Å². The standard InChI is InChI=1S/C27H30FN5O3S/c1-36-18-27-14-19-15-30-33(22-4-2-21(28)3-5-22)25(19)12-20(27)7-11-32(17-27)37(35)24-6-9-29-26(13-24)31-10-8-23(34)16-31/h2-6,9,12-13,15,23,34H,7-8,10-11,14,16-18H2,1H3/t23-,27+,37?/m0/s1. The van der Waals surface area contributed by atoms with Crippen molar-refractivity contribution < 1.29 is 18.4 Å². The molecule has 0 radical (unpaired) electrons. The highest BCUT2D eigenvalue weighted by atomic mass is 32.2. The summed E-state index contributed by atoms with van der Waals surface area (Å²) in [6.07, 6.45) is 7.63. The van der Waals surface area contributed by atoms with Crippen molar-refractivity contribution in [3.8, 4) is 5.69 Å². The van der Waals surface area contributed by atoms with E-state index in [0.29, 0.717) is 31.1 Å². The summed E-state index contributed by atoms with van der Waals surface area (Å²) in [6, 6.07) is 10.0. The van der Waals surface area contributed by atoms with Crippen LogP contribution < -0.4 is 4.90 Å². The molecule has 3 atom stereocenters. The molecule has 2 saturated heterocycles. The van der Waals surface area contributed by atoms with Crippen LogP contribution >= 0.6 is 0 Å². The van der Waals surface area contributed by atoms with Gasteiger partial charge in [0.15, 0.2) is 0 Å². The number of pyridine rings is 1. The molecule has 1 unspecified atom stereocenters. The fourth-order valence-electron chi connectivity index (χ4n) is 5.81. The van der Waals surface area contributed by atoms with Crippen LogP contribution in [0, 0.1) is 11.2 Å². The summed E-state index contributed by atoms with van der Waals surface area (Å²) in [7, 11) is 0.355. The molecule has 1 aromatic carbocycles. The highest BCUT2D eigenvalue weighted by Crippen LogP contribution is 2.45. The molecule has 37 heavy (non-hydrogen) atoms. The molecule has 2 aromatic heterocycles. The summed E-state index contributed by atoms with van der Waals surface area (Å²) in [4.78, 5) is 7.20. The number of aliphatic hydroxyl groups excluding tert-OH is 1. The van der Waals surface area contributed by atoms with E-state index in [1.54, 1.807) is 25.4 Å². The average molecular weight is 524 g/mol. The molecule has 1 aliphatic carbocycles. The number of rotatable bonds is 6. The minimum absolute atomic E-state index is 0.276. The Morgan fingerprint density at radius 2 is 2.08 bits per heavy atom. The number of methoxy groups -OCH3 is 1. The van der Waals surface area contributed by atoms with Gasteiger partial charge in [0.2, 0.25) is 0 Å². The van der Waals surface area contributed by atoms with Gasteiger partial charge in [-0.2, -0.15) is 5.10 Å². The van der Waals surface area contributed by atoms with E-state index in [9.17, 15) is 13.7 Å². The van der Waals surface area contributed by atoms with E-state index in [1.165, 1.54) is 17.7 Å². The second-order valence-corrected chi connectivity index (χ2v) is 11.6. The number of hydrogen-bond acceptors (Lipinski definition) is 6. The monoisotopic (exact) mass is 523 g/mol. The number of nitrogens with zero attached hydrogens (tertiary/aromatic N) is 5. The highest BCUT2D eigenvalue weighted by molar-refractivity contribution is 7.82. The topological polar surface area (TPSA) is 83.7 Å². The first-order valence-electron chi connectivity index (χ1n) is 12.5. The van der Waals surface area contributed by atoms with Crippen LogP contribution in [0.2, 0.25) is 0 Å². The Kier molecular flexibility index (Phi) is 6.44. The summed E-state index contributed by atoms with van der Waals surface area (Å²) in [5.41, 5.74) is 3.88. The summed E-state index contributed by atoms with van der Waals surface area (Å²) in [6.45, 7) is 3.06. The Bertz CT molecular complexity index is 1360. The van der Waals surface area contributed by atoms with E-state index in [-0.39, 0.29) is 17.3 Å². The maximum atomic E-state index is 13.7. The molecular formula is C27H30FN5O3S. The molecule has 0 saturated carbocycles. The smallest absolute Gasteiger partial charge is 0.129 e. The number of benzene rings is 1. The molecule has 1 N–H and O–H groups in total. The predicted molar refractivity (Wildman–Crippen MR) is 139 cm³/mol. The molecule has 194 valence electrons. The lowest BCUT2D eigenvalue weighted by Crippen LogP contribution is -2.50. The van der Waals surface area contributed by atoms with Crippen LogP contribution in [0.5, 0.6) is 0 Å². The third-order valence-electron chi connectivity index (χ3n) is 7.65. The van der Waals surface area contributed by atoms with Crippen LogP contribution in [0.25, 0.3) is 11.8 Å². The van der Waals surface area contributed by atoms with Gasteiger partial charge in [0, 0.05) is 44.9 Å². The largest absolute Gasteiger partial charge is 0.391 e. The van der Waals surface area contributed by atoms with Crippen LogP contribution in [-0.2, 0) is 22.1 Å². The zero-order valence-corrected chi connectivity index (χ0v) is 21.5. The second kappa shape index (κ2) is 9.75. The average Bonchev–Trinajstić information content (AvgIpc) is 3.53. The molecule has 3 aromatic rings. The van der Waals surface area contributed by atoms with Crippen molar-refractivity contribution >= 4 is 22.9 Å². The maximum Gasteiger partial charge on any atom is 0.129 e. The molecule has 0 bridgehead atoms. The van der Waals surface area contributed by atoms with Gasteiger partial charge in [0.1, 0.15) is 22.6 Å². The first-order valence-corrected chi connectivity index (χ1v) is 13.7. The predicted octanol–water partition coefficient (Wildman–Crippen LogP) is 2.98. The molecule has 4 heterocycles. The van der Waals surface area contributed by atoms with Crippen molar-refractivity contribution in [1.82, 2.24) is 19.1 Å². The lowest BCUT2D eigenvalue weighted by Gasteiger charge is -2.45. The second-order valence-electron chi connectivity index (χ2n) is 10.1. The van der Waals surface area contributed by atoms with Crippen molar-refractivity contribution in [3.63, 3.8) is 0 Å². The molecule has 6 rings (SSSR count). The van der Waals surface area contributed by atoms with E-state index in [2.05, 4.69) is 16.2 Å². The van der Waals surface area contributed by atoms with Gasteiger partial charge in [0.25, 0.3) is 0 Å². The van der Waals surface area contributed by atoms with Gasteiger partial charge in [-0.05, 0) is 67.3 Å². The summed E-state index contributed by atoms with van der Waals surface area (Å²) < 4.78 is 36.8. The van der Waals surface area contributed by atoms with Gasteiger partial charge in [-0.1, -0.05) is 5.57 Å². The van der Waals surface area contributed by atoms with Crippen LogP contribution in [0.3, 0.4) is 0 Å². The Morgan fingerprint density at radius 1 is 1.24 bits per heavy atom. The Labute approximate surface area is 218 Å². The number of piperidine rings is 1. The molecule has 0 amide bonds. The molecule has 2 fully saturated rings. The summed E-state index contributed by atoms with van der Waals surface area (Å²) in [5.74, 6) is 0.476. The molecule has 2 aliphatic heterocycles. The highest BCUT2D eigenvalue weighted by Gasteiger charge is 2.44. The molecule has 10 heteroatoms. The normalized spacial score (nSPS) is 24.5. The van der Waals surface area contributed by atoms with Gasteiger partial charge in [-0.25, -0.2) is 22.6 Å². The fraction of sp³-hybridized carbons (Fsp3) is 0.407. The number of hydrogen-bond donors (Lipinski definition) is 1. The van der Waals surface area contributed by atoms with Crippen LogP contribution in [0.4, 0.5) is 10.2 Å². The van der Waals surface area contributed by atoms with Crippen molar-refractivity contribution in [1.29, 1.82) is 0 Å². The summed E-state index contributed by atoms with van der Waals surface area (Å²) in [5, 5.41) is 14.5. The SMILES string of the molecule is COC[C@]12Cc3cnn(-c4ccc(F)cc4)c3C=C1CCN(S(=O)c1ccnc(N3CC[C@H](O)C3)c1)C2. The van der Waals surface area contributed by atoms with Gasteiger partial charge in [-0.3, -0.25) is 0 Å². The minimum Gasteiger partial charge on any atom is -0.391 e. The van der Waals surface area contributed by atoms with Gasteiger partial charge < -0.3 is 14.7 Å². The van der Waals surface area contributed by atoms with Gasteiger partial charge in [-0.15, -0.1) is 0 Å². The minimum atomic E-state index is -1.35. The number of anilines is 1. The Hall–Kier alpha value is -2.92. The number of β-amino-alcohol motifs (C(OH)–C–C–N with tert-alkyl or cyclic N) is 1. The lowest BCUT2D eigenvalue weighted by molar-refractivity contribution is 0.0746. The van der Waals surface area contributed by atoms with Gasteiger partial charge in [0.05, 0.1) is 35.2 Å². The summed E-state index contributed by atoms with van der Waals surface area (Å²) >= 11 is 0. The number of halogens is 1. The van der Waals surface area contributed by atoms with Gasteiger partial charge >= 0.3 is 0 Å². The maximum absolute atomic E-state index is 13.7. The number of fused-ring (bicyclic) bond motifs is 2. The van der Waals surface area contributed by atoms with Crippen LogP contribution in [0.1, 0.15) is 24.1 Å². The lowest BCUT2D eigenvalue weighted by atomic mass is 9.69. The first-order chi connectivity index (χ1) is 18.0. The molecular weight excluding hydrogens is 493 g/mol. The van der Waals surface area contributed by atoms with Crippen molar-refractivity contribution in [2.75, 3.05) is 44.8 Å². The number of aliphatic hydroxyl groups is 1. The van der Waals surface area contributed by atoms with Crippen LogP contribution in [-0.4, -0.2) is 74.4 Å². The van der Waals surface area contributed by atoms with Crippen LogP contribution in [0.15, 0.2) is 59.3 Å². The zero-order chi connectivity index (χ0) is 25.6. The third kappa shape index (κ3) is 4.52. The molecule has 3 aliphatic rings. The Balaban J connectivity index is 1.27. The van der Waals surface area contributed by atoms with E-state index < -0.39 is 11.0 Å². The fourth-order valence-corrected chi connectivity index (χ4v) is 7.11. The third-order valence-corrected chi connectivity index (χ3v) is 9.09. The molecule has 8 nitrogen and oxygen atoms in total. The molecule has 0 spiro atoms. The number of ether oxygens (including phenoxy) is 1. The van der Waals surface area contributed by atoms with Crippen molar-refractivity contribution in [2.45, 2.75) is 30.3 Å². The van der Waals surface area contributed by atoms with E-state index in [1.807, 2.05) is 32.2 Å². The van der Waals surface area contributed by atoms with E-state index >= 15 is 0 Å². The number of aromatic nitrogens is 3.